The van der Waals surface area contributed by atoms with Crippen molar-refractivity contribution in [3.05, 3.63) is 243 Å². The summed E-state index contributed by atoms with van der Waals surface area (Å²) in [5.41, 5.74) is 9.58. The summed E-state index contributed by atoms with van der Waals surface area (Å²) in [6.45, 7) is 0. The van der Waals surface area contributed by atoms with Gasteiger partial charge in [0.1, 0.15) is 0 Å². The first-order valence-electron chi connectivity index (χ1n) is 22.0. The average Bonchev–Trinajstić information content (AvgIpc) is 4.03. The Morgan fingerprint density at radius 1 is 0.312 bits per heavy atom. The van der Waals surface area contributed by atoms with Gasteiger partial charge in [0.2, 0.25) is 0 Å². The fourth-order valence-corrected chi connectivity index (χ4v) is 16.7. The Hall–Kier alpha value is -7.76. The molecule has 0 spiro atoms. The lowest BCUT2D eigenvalue weighted by Gasteiger charge is -2.34. The van der Waals surface area contributed by atoms with Crippen LogP contribution in [-0.2, 0) is 0 Å². The lowest BCUT2D eigenvalue weighted by molar-refractivity contribution is 1.15. The first kappa shape index (κ1) is 36.9. The third-order valence-electron chi connectivity index (χ3n) is 13.5. The number of rotatable bonds is 7. The lowest BCUT2D eigenvalue weighted by Crippen LogP contribution is -2.74. The Morgan fingerprint density at radius 3 is 1.45 bits per heavy atom. The van der Waals surface area contributed by atoms with Gasteiger partial charge >= 0.3 is 0 Å². The number of hydrogen-bond donors (Lipinski definition) is 0. The monoisotopic (exact) mass is 848 g/mol. The molecular formula is C60H40N2SSi. The SMILES string of the molecule is c1ccc(-n2c3ccc([Si](c4ccccc4)(c4ccccc4)c4ccccc4)cc3c3ccc4c5ccccc5n(-c5ccc(-c6cccc7c6sc6ccccc67)cc5)c4c32)cc1. The van der Waals surface area contributed by atoms with Gasteiger partial charge in [-0.1, -0.05) is 200 Å². The van der Waals surface area contributed by atoms with Gasteiger partial charge in [0.05, 0.1) is 22.1 Å². The lowest BCUT2D eigenvalue weighted by atomic mass is 10.0. The molecule has 64 heavy (non-hydrogen) atoms. The van der Waals surface area contributed by atoms with Gasteiger partial charge in [0.25, 0.3) is 0 Å². The van der Waals surface area contributed by atoms with E-state index in [0.29, 0.717) is 0 Å². The fourth-order valence-electron chi connectivity index (χ4n) is 10.7. The van der Waals surface area contributed by atoms with Crippen LogP contribution in [0.3, 0.4) is 0 Å². The van der Waals surface area contributed by atoms with Crippen LogP contribution in [0.1, 0.15) is 0 Å². The predicted octanol–water partition coefficient (Wildman–Crippen LogP) is 13.3. The molecule has 0 saturated heterocycles. The van der Waals surface area contributed by atoms with Gasteiger partial charge in [-0.2, -0.15) is 0 Å². The molecule has 0 unspecified atom stereocenters. The third kappa shape index (κ3) is 5.43. The number of thiophene rings is 1. The first-order valence-corrected chi connectivity index (χ1v) is 24.8. The Kier molecular flexibility index (Phi) is 8.45. The van der Waals surface area contributed by atoms with Gasteiger partial charge in [-0.25, -0.2) is 0 Å². The van der Waals surface area contributed by atoms with Crippen molar-refractivity contribution < 1.29 is 0 Å². The number of para-hydroxylation sites is 2. The number of nitrogens with zero attached hydrogens (tertiary/aromatic N) is 2. The molecule has 10 aromatic carbocycles. The van der Waals surface area contributed by atoms with Crippen LogP contribution < -0.4 is 20.7 Å². The maximum absolute atomic E-state index is 2.79. The molecule has 0 aliphatic rings. The number of fused-ring (bicyclic) bond motifs is 10. The van der Waals surface area contributed by atoms with Crippen LogP contribution >= 0.6 is 11.3 Å². The normalized spacial score (nSPS) is 12.1. The zero-order valence-electron chi connectivity index (χ0n) is 34.9. The van der Waals surface area contributed by atoms with Gasteiger partial charge in [-0.05, 0) is 74.3 Å². The molecule has 3 heterocycles. The van der Waals surface area contributed by atoms with Gasteiger partial charge in [-0.15, -0.1) is 11.3 Å². The minimum absolute atomic E-state index is 1.14. The van der Waals surface area contributed by atoms with E-state index in [4.69, 9.17) is 0 Å². The summed E-state index contributed by atoms with van der Waals surface area (Å²) < 4.78 is 7.68. The highest BCUT2D eigenvalue weighted by molar-refractivity contribution is 7.26. The Bertz CT molecular complexity index is 3770. The van der Waals surface area contributed by atoms with Crippen LogP contribution in [0, 0.1) is 0 Å². The van der Waals surface area contributed by atoms with Gasteiger partial charge in [-0.3, -0.25) is 0 Å². The quantitative estimate of drug-likeness (QED) is 0.112. The summed E-state index contributed by atoms with van der Waals surface area (Å²) in [6, 6.07) is 90.4. The molecule has 0 aliphatic carbocycles. The molecule has 13 rings (SSSR count). The summed E-state index contributed by atoms with van der Waals surface area (Å²) in [4.78, 5) is 0. The fraction of sp³-hybridized carbons (Fsp3) is 0. The molecule has 0 amide bonds. The van der Waals surface area contributed by atoms with Crippen LogP contribution in [0.15, 0.2) is 243 Å². The van der Waals surface area contributed by atoms with E-state index in [1.165, 1.54) is 95.7 Å². The minimum Gasteiger partial charge on any atom is -0.307 e. The van der Waals surface area contributed by atoms with Crippen LogP contribution in [-0.4, -0.2) is 17.2 Å². The van der Waals surface area contributed by atoms with Crippen molar-refractivity contribution in [1.82, 2.24) is 9.13 Å². The summed E-state index contributed by atoms with van der Waals surface area (Å²) in [7, 11) is -2.79. The standard InChI is InChI=1S/C60H40N2SSi/c1-5-18-42(19-6-1)61-56-39-36-47(64(44-20-7-2-8-21-44,45-22-9-3-10-23-45)46-24-11-4-12-25-46)40-54(56)52-38-37-51-49-26-13-15-30-55(49)62(58(51)59(52)61)43-34-32-41(33-35-43)48-28-17-29-53-50-27-14-16-31-57(50)63-60(48)53/h1-40H. The number of benzene rings is 10. The van der Waals surface area contributed by atoms with Crippen molar-refractivity contribution in [3.63, 3.8) is 0 Å². The molecule has 13 aromatic rings. The van der Waals surface area contributed by atoms with E-state index in [0.717, 1.165) is 11.4 Å². The Morgan fingerprint density at radius 2 is 0.812 bits per heavy atom. The maximum atomic E-state index is 2.54. The highest BCUT2D eigenvalue weighted by Crippen LogP contribution is 2.43. The van der Waals surface area contributed by atoms with Crippen molar-refractivity contribution in [2.75, 3.05) is 0 Å². The van der Waals surface area contributed by atoms with E-state index in [2.05, 4.69) is 252 Å². The molecule has 3 aromatic heterocycles. The van der Waals surface area contributed by atoms with E-state index in [1.807, 2.05) is 11.3 Å². The minimum atomic E-state index is -2.79. The highest BCUT2D eigenvalue weighted by atomic mass is 32.1. The second-order valence-electron chi connectivity index (χ2n) is 16.8. The molecule has 0 saturated carbocycles. The second-order valence-corrected chi connectivity index (χ2v) is 21.7. The zero-order chi connectivity index (χ0) is 42.2. The topological polar surface area (TPSA) is 9.86 Å². The van der Waals surface area contributed by atoms with Crippen molar-refractivity contribution in [2.24, 2.45) is 0 Å². The van der Waals surface area contributed by atoms with Gasteiger partial charge in [0, 0.05) is 53.1 Å². The van der Waals surface area contributed by atoms with Gasteiger partial charge in [0.15, 0.2) is 8.07 Å². The van der Waals surface area contributed by atoms with E-state index in [-0.39, 0.29) is 0 Å². The Balaban J connectivity index is 1.10. The van der Waals surface area contributed by atoms with E-state index in [1.54, 1.807) is 0 Å². The molecule has 0 bridgehead atoms. The Labute approximate surface area is 376 Å². The highest BCUT2D eigenvalue weighted by Gasteiger charge is 2.41. The van der Waals surface area contributed by atoms with Crippen molar-refractivity contribution in [3.8, 4) is 22.5 Å². The van der Waals surface area contributed by atoms with E-state index >= 15 is 0 Å². The second kappa shape index (κ2) is 14.7. The summed E-state index contributed by atoms with van der Waals surface area (Å²) >= 11 is 1.88. The molecule has 0 fully saturated rings. The third-order valence-corrected chi connectivity index (χ3v) is 19.5. The van der Waals surface area contributed by atoms with Crippen molar-refractivity contribution >= 4 is 104 Å². The predicted molar refractivity (Wildman–Crippen MR) is 277 cm³/mol. The number of aromatic nitrogens is 2. The molecule has 0 N–H and O–H groups in total. The summed E-state index contributed by atoms with van der Waals surface area (Å²) in [5.74, 6) is 0. The van der Waals surface area contributed by atoms with Gasteiger partial charge < -0.3 is 9.13 Å². The first-order chi connectivity index (χ1) is 31.8. The molecule has 300 valence electrons. The summed E-state index contributed by atoms with van der Waals surface area (Å²) in [5, 5.41) is 13.1. The van der Waals surface area contributed by atoms with Crippen molar-refractivity contribution in [1.29, 1.82) is 0 Å². The van der Waals surface area contributed by atoms with Crippen LogP contribution in [0.25, 0.3) is 86.3 Å². The molecule has 0 radical (unpaired) electrons. The van der Waals surface area contributed by atoms with E-state index < -0.39 is 8.07 Å². The molecular weight excluding hydrogens is 809 g/mol. The average molecular weight is 849 g/mol. The molecule has 2 nitrogen and oxygen atoms in total. The zero-order valence-corrected chi connectivity index (χ0v) is 36.7. The maximum Gasteiger partial charge on any atom is 0.179 e. The number of hydrogen-bond acceptors (Lipinski definition) is 1. The van der Waals surface area contributed by atoms with E-state index in [9.17, 15) is 0 Å². The van der Waals surface area contributed by atoms with Crippen LogP contribution in [0.2, 0.25) is 0 Å². The molecule has 0 aliphatic heterocycles. The smallest absolute Gasteiger partial charge is 0.179 e. The molecule has 4 heteroatoms. The van der Waals surface area contributed by atoms with Crippen LogP contribution in [0.4, 0.5) is 0 Å². The largest absolute Gasteiger partial charge is 0.307 e. The van der Waals surface area contributed by atoms with Crippen molar-refractivity contribution in [2.45, 2.75) is 0 Å². The molecule has 0 atom stereocenters. The van der Waals surface area contributed by atoms with Crippen LogP contribution in [0.5, 0.6) is 0 Å². The summed E-state index contributed by atoms with van der Waals surface area (Å²) in [6.07, 6.45) is 0.